The number of nitrogens with zero attached hydrogens (tertiary/aromatic N) is 2. The summed E-state index contributed by atoms with van der Waals surface area (Å²) in [5.74, 6) is -0.457. The molecule has 204 valence electrons. The van der Waals surface area contributed by atoms with Gasteiger partial charge in [-0.2, -0.15) is 0 Å². The van der Waals surface area contributed by atoms with Gasteiger partial charge in [-0.05, 0) is 64.3 Å². The molecule has 0 bridgehead atoms. The van der Waals surface area contributed by atoms with Crippen LogP contribution in [0.5, 0.6) is 0 Å². The van der Waals surface area contributed by atoms with Crippen molar-refractivity contribution in [2.75, 3.05) is 17.1 Å². The Morgan fingerprint density at radius 2 is 1.68 bits per heavy atom. The highest BCUT2D eigenvalue weighted by atomic mass is 35.5. The maximum Gasteiger partial charge on any atom is 0.243 e. The maximum absolute atomic E-state index is 13.5. The smallest absolute Gasteiger partial charge is 0.243 e. The zero-order valence-corrected chi connectivity index (χ0v) is 24.7. The van der Waals surface area contributed by atoms with Crippen LogP contribution in [0.3, 0.4) is 0 Å². The molecule has 0 aliphatic rings. The molecule has 1 atom stereocenters. The predicted molar refractivity (Wildman–Crippen MR) is 152 cm³/mol. The molecule has 0 radical (unpaired) electrons. The fourth-order valence-corrected chi connectivity index (χ4v) is 5.33. The molecular weight excluding hydrogens is 533 g/mol. The normalized spacial score (nSPS) is 12.6. The van der Waals surface area contributed by atoms with Crippen LogP contribution < -0.4 is 9.62 Å². The molecule has 2 aromatic rings. The van der Waals surface area contributed by atoms with E-state index >= 15 is 0 Å². The Kier molecular flexibility index (Phi) is 10.9. The van der Waals surface area contributed by atoms with Gasteiger partial charge in [-0.15, -0.1) is 0 Å². The molecule has 7 nitrogen and oxygen atoms in total. The minimum absolute atomic E-state index is 0.0357. The molecule has 1 N–H and O–H groups in total. The molecule has 2 rings (SSSR count). The van der Waals surface area contributed by atoms with E-state index in [0.29, 0.717) is 11.4 Å². The van der Waals surface area contributed by atoms with Gasteiger partial charge in [0.05, 0.1) is 17.0 Å². The van der Waals surface area contributed by atoms with Gasteiger partial charge in [-0.1, -0.05) is 60.0 Å². The molecule has 0 saturated carbocycles. The average Bonchev–Trinajstić information content (AvgIpc) is 2.77. The summed E-state index contributed by atoms with van der Waals surface area (Å²) in [6.45, 7) is 9.84. The van der Waals surface area contributed by atoms with Gasteiger partial charge < -0.3 is 10.2 Å². The zero-order valence-electron chi connectivity index (χ0n) is 22.3. The number of carbonyl (C=O) groups is 2. The first-order chi connectivity index (χ1) is 17.1. The summed E-state index contributed by atoms with van der Waals surface area (Å²) in [6, 6.07) is 11.7. The lowest BCUT2D eigenvalue weighted by Gasteiger charge is -2.33. The fraction of sp³-hybridized carbons (Fsp3) is 0.481. The van der Waals surface area contributed by atoms with Crippen molar-refractivity contribution in [1.29, 1.82) is 0 Å². The third kappa shape index (κ3) is 9.51. The number of halogens is 2. The van der Waals surface area contributed by atoms with Crippen LogP contribution in [0.25, 0.3) is 0 Å². The first-order valence-corrected chi connectivity index (χ1v) is 14.8. The molecule has 10 heteroatoms. The number of hydrogen-bond acceptors (Lipinski definition) is 4. The first-order valence-electron chi connectivity index (χ1n) is 12.2. The van der Waals surface area contributed by atoms with E-state index < -0.39 is 21.6 Å². The Labute approximate surface area is 231 Å². The summed E-state index contributed by atoms with van der Waals surface area (Å²) in [7, 11) is -3.68. The Hall–Kier alpha value is -2.29. The second-order valence-corrected chi connectivity index (χ2v) is 13.0. The Bertz CT molecular complexity index is 1200. The molecule has 0 spiro atoms. The highest BCUT2D eigenvalue weighted by Crippen LogP contribution is 2.31. The van der Waals surface area contributed by atoms with Crippen molar-refractivity contribution in [3.63, 3.8) is 0 Å². The van der Waals surface area contributed by atoms with E-state index in [1.54, 1.807) is 11.0 Å². The van der Waals surface area contributed by atoms with Gasteiger partial charge >= 0.3 is 0 Å². The van der Waals surface area contributed by atoms with Crippen molar-refractivity contribution >= 4 is 50.7 Å². The van der Waals surface area contributed by atoms with Crippen molar-refractivity contribution < 1.29 is 18.0 Å². The van der Waals surface area contributed by atoms with Gasteiger partial charge in [0.25, 0.3) is 0 Å². The zero-order chi connectivity index (χ0) is 28.0. The highest BCUT2D eigenvalue weighted by molar-refractivity contribution is 7.92. The highest BCUT2D eigenvalue weighted by Gasteiger charge is 2.31. The van der Waals surface area contributed by atoms with E-state index in [0.717, 1.165) is 21.7 Å². The second-order valence-electron chi connectivity index (χ2n) is 10.2. The summed E-state index contributed by atoms with van der Waals surface area (Å²) in [4.78, 5) is 28.2. The number of anilines is 1. The van der Waals surface area contributed by atoms with E-state index in [-0.39, 0.29) is 48.5 Å². The molecule has 2 amide bonds. The van der Waals surface area contributed by atoms with Crippen molar-refractivity contribution in [3.8, 4) is 0 Å². The van der Waals surface area contributed by atoms with Gasteiger partial charge in [0, 0.05) is 30.1 Å². The molecule has 2 aromatic carbocycles. The maximum atomic E-state index is 13.5. The molecule has 0 saturated heterocycles. The number of aryl methyl sites for hydroxylation is 1. The lowest BCUT2D eigenvalue weighted by atomic mass is 10.0. The quantitative estimate of drug-likeness (QED) is 0.383. The standard InChI is InChI=1S/C27H37Cl2N3O4S/c1-7-23(26(34)30-27(3,4)5)31(18-20-12-10-19(2)11-13-20)25(33)9-8-16-32(37(6,35)36)24-17-21(28)14-15-22(24)29/h10-15,17,23H,7-9,16,18H2,1-6H3,(H,30,34)/t23-/m0/s1. The van der Waals surface area contributed by atoms with Crippen LogP contribution in [0.15, 0.2) is 42.5 Å². The molecule has 37 heavy (non-hydrogen) atoms. The van der Waals surface area contributed by atoms with Crippen molar-refractivity contribution in [1.82, 2.24) is 10.2 Å². The number of hydrogen-bond donors (Lipinski definition) is 1. The van der Waals surface area contributed by atoms with Crippen LogP contribution in [-0.4, -0.2) is 49.5 Å². The monoisotopic (exact) mass is 569 g/mol. The number of amides is 2. The van der Waals surface area contributed by atoms with E-state index in [4.69, 9.17) is 23.2 Å². The Morgan fingerprint density at radius 3 is 2.22 bits per heavy atom. The topological polar surface area (TPSA) is 86.8 Å². The van der Waals surface area contributed by atoms with Crippen LogP contribution in [0.1, 0.15) is 58.1 Å². The molecule has 0 aliphatic carbocycles. The SMILES string of the molecule is CC[C@@H](C(=O)NC(C)(C)C)N(Cc1ccc(C)cc1)C(=O)CCCN(c1cc(Cl)ccc1Cl)S(C)(=O)=O. The molecule has 0 unspecified atom stereocenters. The van der Waals surface area contributed by atoms with E-state index in [2.05, 4.69) is 5.32 Å². The van der Waals surface area contributed by atoms with Gasteiger partial charge in [0.2, 0.25) is 21.8 Å². The minimum atomic E-state index is -3.68. The molecule has 0 aromatic heterocycles. The second kappa shape index (κ2) is 13.0. The summed E-state index contributed by atoms with van der Waals surface area (Å²) >= 11 is 12.3. The van der Waals surface area contributed by atoms with Crippen LogP contribution in [-0.2, 0) is 26.2 Å². The van der Waals surface area contributed by atoms with Crippen LogP contribution >= 0.6 is 23.2 Å². The van der Waals surface area contributed by atoms with Crippen molar-refractivity contribution in [2.45, 2.75) is 72.0 Å². The summed E-state index contributed by atoms with van der Waals surface area (Å²) in [5, 5.41) is 3.57. The summed E-state index contributed by atoms with van der Waals surface area (Å²) in [6.07, 6.45) is 1.80. The molecule has 0 heterocycles. The van der Waals surface area contributed by atoms with Gasteiger partial charge in [-0.25, -0.2) is 8.42 Å². The van der Waals surface area contributed by atoms with E-state index in [9.17, 15) is 18.0 Å². The number of rotatable bonds is 11. The van der Waals surface area contributed by atoms with Crippen LogP contribution in [0, 0.1) is 6.92 Å². The van der Waals surface area contributed by atoms with Gasteiger partial charge in [0.1, 0.15) is 6.04 Å². The van der Waals surface area contributed by atoms with Gasteiger partial charge in [-0.3, -0.25) is 13.9 Å². The van der Waals surface area contributed by atoms with Crippen LogP contribution in [0.4, 0.5) is 5.69 Å². The Morgan fingerprint density at radius 1 is 1.05 bits per heavy atom. The largest absolute Gasteiger partial charge is 0.350 e. The summed E-state index contributed by atoms with van der Waals surface area (Å²) in [5.41, 5.74) is 1.82. The van der Waals surface area contributed by atoms with E-state index in [1.807, 2.05) is 58.9 Å². The summed E-state index contributed by atoms with van der Waals surface area (Å²) < 4.78 is 26.2. The van der Waals surface area contributed by atoms with E-state index in [1.165, 1.54) is 12.1 Å². The van der Waals surface area contributed by atoms with Gasteiger partial charge in [0.15, 0.2) is 0 Å². The Balaban J connectivity index is 2.27. The lowest BCUT2D eigenvalue weighted by Crippen LogP contribution is -2.53. The number of nitrogens with one attached hydrogen (secondary N) is 1. The lowest BCUT2D eigenvalue weighted by molar-refractivity contribution is -0.142. The molecular formula is C27H37Cl2N3O4S. The molecule has 0 fully saturated rings. The van der Waals surface area contributed by atoms with Crippen molar-refractivity contribution in [2.24, 2.45) is 0 Å². The number of benzene rings is 2. The fourth-order valence-electron chi connectivity index (χ4n) is 3.92. The average molecular weight is 571 g/mol. The van der Waals surface area contributed by atoms with Crippen LogP contribution in [0.2, 0.25) is 10.0 Å². The van der Waals surface area contributed by atoms with Crippen molar-refractivity contribution in [3.05, 3.63) is 63.6 Å². The minimum Gasteiger partial charge on any atom is -0.350 e. The first kappa shape index (κ1) is 30.9. The predicted octanol–water partition coefficient (Wildman–Crippen LogP) is 5.57. The third-order valence-electron chi connectivity index (χ3n) is 5.69. The number of carbonyl (C=O) groups excluding carboxylic acids is 2. The third-order valence-corrected chi connectivity index (χ3v) is 7.42. The molecule has 0 aliphatic heterocycles. The number of sulfonamides is 1.